The van der Waals surface area contributed by atoms with Gasteiger partial charge in [-0.1, -0.05) is 45.8 Å². The monoisotopic (exact) mass is 384 g/mol. The van der Waals surface area contributed by atoms with E-state index in [0.717, 1.165) is 21.9 Å². The SMILES string of the molecule is Cc1ccc(COc2cc(Br)cc(COS(C)(=O)=O)c2)cc1. The Balaban J connectivity index is 2.04. The predicted molar refractivity (Wildman–Crippen MR) is 89.3 cm³/mol. The summed E-state index contributed by atoms with van der Waals surface area (Å²) in [5, 5.41) is 0. The Kier molecular flexibility index (Phi) is 5.61. The summed E-state index contributed by atoms with van der Waals surface area (Å²) in [7, 11) is -3.46. The van der Waals surface area contributed by atoms with Crippen molar-refractivity contribution < 1.29 is 17.3 Å². The number of hydrogen-bond acceptors (Lipinski definition) is 4. The largest absolute Gasteiger partial charge is 0.489 e. The molecular formula is C16H17BrO4S. The van der Waals surface area contributed by atoms with Crippen molar-refractivity contribution in [3.05, 3.63) is 63.6 Å². The van der Waals surface area contributed by atoms with E-state index in [1.54, 1.807) is 12.1 Å². The number of rotatable bonds is 6. The van der Waals surface area contributed by atoms with Crippen molar-refractivity contribution in [2.24, 2.45) is 0 Å². The first-order chi connectivity index (χ1) is 10.3. The van der Waals surface area contributed by atoms with Crippen LogP contribution in [0.3, 0.4) is 0 Å². The van der Waals surface area contributed by atoms with Crippen LogP contribution >= 0.6 is 15.9 Å². The molecule has 0 bridgehead atoms. The normalized spacial score (nSPS) is 11.4. The highest BCUT2D eigenvalue weighted by atomic mass is 79.9. The Morgan fingerprint density at radius 1 is 1.00 bits per heavy atom. The molecule has 0 aromatic heterocycles. The van der Waals surface area contributed by atoms with Crippen molar-refractivity contribution in [1.82, 2.24) is 0 Å². The van der Waals surface area contributed by atoms with E-state index in [-0.39, 0.29) is 6.61 Å². The van der Waals surface area contributed by atoms with Crippen molar-refractivity contribution in [3.8, 4) is 5.75 Å². The van der Waals surface area contributed by atoms with Gasteiger partial charge < -0.3 is 4.74 Å². The second-order valence-corrected chi connectivity index (χ2v) is 7.60. The van der Waals surface area contributed by atoms with Gasteiger partial charge >= 0.3 is 0 Å². The number of hydrogen-bond donors (Lipinski definition) is 0. The fourth-order valence-corrected chi connectivity index (χ4v) is 2.68. The van der Waals surface area contributed by atoms with Gasteiger partial charge in [-0.05, 0) is 36.2 Å². The van der Waals surface area contributed by atoms with Gasteiger partial charge in [0.05, 0.1) is 12.9 Å². The van der Waals surface area contributed by atoms with Crippen LogP contribution in [0, 0.1) is 6.92 Å². The number of aryl methyl sites for hydroxylation is 1. The Bertz CT molecular complexity index is 739. The molecule has 0 heterocycles. The first-order valence-electron chi connectivity index (χ1n) is 6.64. The minimum absolute atomic E-state index is 0.0147. The standard InChI is InChI=1S/C16H17BrO4S/c1-12-3-5-13(6-4-12)10-20-16-8-14(7-15(17)9-16)11-21-22(2,18)19/h3-9H,10-11H2,1-2H3. The molecular weight excluding hydrogens is 368 g/mol. The molecule has 0 amide bonds. The van der Waals surface area contributed by atoms with E-state index in [1.165, 1.54) is 5.56 Å². The van der Waals surface area contributed by atoms with Crippen LogP contribution in [0.25, 0.3) is 0 Å². The molecule has 6 heteroatoms. The third-order valence-corrected chi connectivity index (χ3v) is 3.90. The van der Waals surface area contributed by atoms with E-state index in [4.69, 9.17) is 8.92 Å². The number of halogens is 1. The molecule has 0 fully saturated rings. The van der Waals surface area contributed by atoms with E-state index in [9.17, 15) is 8.42 Å². The van der Waals surface area contributed by atoms with Crippen LogP contribution in [0.15, 0.2) is 46.9 Å². The molecule has 0 unspecified atom stereocenters. The van der Waals surface area contributed by atoms with Gasteiger partial charge in [0.25, 0.3) is 10.1 Å². The third kappa shape index (κ3) is 5.79. The summed E-state index contributed by atoms with van der Waals surface area (Å²) in [6, 6.07) is 13.5. The molecule has 0 aliphatic carbocycles. The molecule has 22 heavy (non-hydrogen) atoms. The molecule has 0 radical (unpaired) electrons. The van der Waals surface area contributed by atoms with E-state index in [2.05, 4.69) is 15.9 Å². The molecule has 0 aliphatic heterocycles. The topological polar surface area (TPSA) is 52.6 Å². The maximum absolute atomic E-state index is 11.0. The van der Waals surface area contributed by atoms with Gasteiger partial charge in [-0.25, -0.2) is 0 Å². The van der Waals surface area contributed by atoms with Crippen LogP contribution in [0.5, 0.6) is 5.75 Å². The van der Waals surface area contributed by atoms with Gasteiger partial charge in [0.2, 0.25) is 0 Å². The Morgan fingerprint density at radius 2 is 1.68 bits per heavy atom. The lowest BCUT2D eigenvalue weighted by Gasteiger charge is -2.09. The van der Waals surface area contributed by atoms with Crippen LogP contribution in [-0.4, -0.2) is 14.7 Å². The van der Waals surface area contributed by atoms with Crippen molar-refractivity contribution in [2.45, 2.75) is 20.1 Å². The molecule has 0 aliphatic rings. The Morgan fingerprint density at radius 3 is 2.32 bits per heavy atom. The fraction of sp³-hybridized carbons (Fsp3) is 0.250. The number of benzene rings is 2. The summed E-state index contributed by atoms with van der Waals surface area (Å²) in [5.74, 6) is 0.655. The minimum Gasteiger partial charge on any atom is -0.489 e. The third-order valence-electron chi connectivity index (χ3n) is 2.90. The van der Waals surface area contributed by atoms with Crippen molar-refractivity contribution >= 4 is 26.0 Å². The summed E-state index contributed by atoms with van der Waals surface area (Å²) >= 11 is 3.38. The lowest BCUT2D eigenvalue weighted by molar-refractivity contribution is 0.298. The maximum Gasteiger partial charge on any atom is 0.264 e. The summed E-state index contributed by atoms with van der Waals surface area (Å²) in [6.45, 7) is 2.47. The van der Waals surface area contributed by atoms with Gasteiger partial charge in [-0.15, -0.1) is 0 Å². The molecule has 0 atom stereocenters. The first kappa shape index (κ1) is 17.0. The Hall–Kier alpha value is -1.37. The summed E-state index contributed by atoms with van der Waals surface area (Å²) in [5.41, 5.74) is 2.99. The molecule has 0 saturated carbocycles. The van der Waals surface area contributed by atoms with Crippen LogP contribution in [0.1, 0.15) is 16.7 Å². The molecule has 118 valence electrons. The molecule has 0 spiro atoms. The van der Waals surface area contributed by atoms with Crippen LogP contribution in [0.4, 0.5) is 0 Å². The molecule has 0 N–H and O–H groups in total. The van der Waals surface area contributed by atoms with E-state index >= 15 is 0 Å². The molecule has 0 saturated heterocycles. The molecule has 2 rings (SSSR count). The van der Waals surface area contributed by atoms with Gasteiger partial charge in [0.15, 0.2) is 0 Å². The predicted octanol–water partition coefficient (Wildman–Crippen LogP) is 3.81. The zero-order valence-corrected chi connectivity index (χ0v) is 14.8. The van der Waals surface area contributed by atoms with Gasteiger partial charge in [0.1, 0.15) is 12.4 Å². The van der Waals surface area contributed by atoms with Crippen LogP contribution < -0.4 is 4.74 Å². The highest BCUT2D eigenvalue weighted by Gasteiger charge is 2.06. The maximum atomic E-state index is 11.0. The lowest BCUT2D eigenvalue weighted by Crippen LogP contribution is -2.03. The number of ether oxygens (including phenoxy) is 1. The first-order valence-corrected chi connectivity index (χ1v) is 9.25. The smallest absolute Gasteiger partial charge is 0.264 e. The van der Waals surface area contributed by atoms with Gasteiger partial charge in [-0.3, -0.25) is 4.18 Å². The van der Waals surface area contributed by atoms with E-state index in [1.807, 2.05) is 37.3 Å². The van der Waals surface area contributed by atoms with Gasteiger partial charge in [0, 0.05) is 4.47 Å². The van der Waals surface area contributed by atoms with E-state index < -0.39 is 10.1 Å². The summed E-state index contributed by atoms with van der Waals surface area (Å²) in [6.07, 6.45) is 1.03. The molecule has 2 aromatic rings. The second kappa shape index (κ2) is 7.26. The molecule has 2 aromatic carbocycles. The minimum atomic E-state index is -3.46. The van der Waals surface area contributed by atoms with Crippen molar-refractivity contribution in [1.29, 1.82) is 0 Å². The highest BCUT2D eigenvalue weighted by molar-refractivity contribution is 9.10. The fourth-order valence-electron chi connectivity index (χ4n) is 1.81. The van der Waals surface area contributed by atoms with Gasteiger partial charge in [-0.2, -0.15) is 8.42 Å². The zero-order valence-electron chi connectivity index (χ0n) is 12.4. The van der Waals surface area contributed by atoms with Crippen molar-refractivity contribution in [2.75, 3.05) is 6.26 Å². The summed E-state index contributed by atoms with van der Waals surface area (Å²) in [4.78, 5) is 0. The van der Waals surface area contributed by atoms with E-state index in [0.29, 0.717) is 12.4 Å². The quantitative estimate of drug-likeness (QED) is 0.710. The lowest BCUT2D eigenvalue weighted by atomic mass is 10.2. The summed E-state index contributed by atoms with van der Waals surface area (Å²) < 4.78 is 33.4. The second-order valence-electron chi connectivity index (χ2n) is 5.04. The average molecular weight is 385 g/mol. The van der Waals surface area contributed by atoms with Crippen LogP contribution in [-0.2, 0) is 27.5 Å². The molecule has 4 nitrogen and oxygen atoms in total. The average Bonchev–Trinajstić information content (AvgIpc) is 2.43. The highest BCUT2D eigenvalue weighted by Crippen LogP contribution is 2.23. The van der Waals surface area contributed by atoms with Crippen LogP contribution in [0.2, 0.25) is 0 Å². The zero-order chi connectivity index (χ0) is 16.2. The van der Waals surface area contributed by atoms with Crippen molar-refractivity contribution in [3.63, 3.8) is 0 Å². The Labute approximate surface area is 139 Å².